The van der Waals surface area contributed by atoms with Gasteiger partial charge in [0.05, 0.1) is 39.3 Å². The minimum Gasteiger partial charge on any atom is -0.790 e. The van der Waals surface area contributed by atoms with E-state index in [0.717, 1.165) is 44.9 Å². The number of nitrogens with one attached hydrogen (secondary N) is 2. The molecular formula is C26H37N7O19P3S-5. The highest BCUT2D eigenvalue weighted by Gasteiger charge is 2.55. The van der Waals surface area contributed by atoms with Crippen LogP contribution < -0.4 is 41.0 Å². The lowest BCUT2D eigenvalue weighted by atomic mass is 9.87. The Hall–Kier alpha value is -2.97. The highest BCUT2D eigenvalue weighted by Crippen LogP contribution is 2.56. The van der Waals surface area contributed by atoms with Gasteiger partial charge in [0, 0.05) is 30.7 Å². The molecule has 2 aromatic heterocycles. The van der Waals surface area contributed by atoms with E-state index in [0.29, 0.717) is 11.8 Å². The number of carboxylic acid groups (broad SMARTS) is 1. The number of imidazole rings is 1. The lowest BCUT2D eigenvalue weighted by Gasteiger charge is -2.36. The van der Waals surface area contributed by atoms with Crippen LogP contribution in [-0.2, 0) is 61.2 Å². The fourth-order valence-corrected chi connectivity index (χ4v) is 8.27. The molecule has 3 heterocycles. The zero-order valence-electron chi connectivity index (χ0n) is 29.7. The van der Waals surface area contributed by atoms with E-state index in [2.05, 4.69) is 43.5 Å². The number of aliphatic hydroxyl groups excluding tert-OH is 2. The van der Waals surface area contributed by atoms with E-state index in [1.165, 1.54) is 0 Å². The van der Waals surface area contributed by atoms with Gasteiger partial charge in [0.1, 0.15) is 36.3 Å². The minimum absolute atomic E-state index is 0.0111. The first kappa shape index (κ1) is 47.4. The summed E-state index contributed by atoms with van der Waals surface area (Å²) in [5.41, 5.74) is 1.92. The molecule has 2 aromatic rings. The van der Waals surface area contributed by atoms with Gasteiger partial charge in [-0.25, -0.2) is 19.3 Å². The number of fused-ring (bicyclic) bond motifs is 1. The monoisotopic (exact) mass is 876 g/mol. The Morgan fingerprint density at radius 3 is 2.36 bits per heavy atom. The number of carboxylic acids is 1. The Morgan fingerprint density at radius 2 is 1.73 bits per heavy atom. The highest BCUT2D eigenvalue weighted by atomic mass is 32.2. The zero-order chi connectivity index (χ0) is 42.4. The average Bonchev–Trinajstić information content (AvgIpc) is 3.63. The van der Waals surface area contributed by atoms with Crippen LogP contribution >= 0.6 is 35.2 Å². The molecule has 0 spiro atoms. The van der Waals surface area contributed by atoms with Gasteiger partial charge in [-0.1, -0.05) is 25.6 Å². The van der Waals surface area contributed by atoms with Gasteiger partial charge < -0.3 is 78.9 Å². The number of aliphatic hydroxyl groups is 2. The summed E-state index contributed by atoms with van der Waals surface area (Å²) in [7, 11) is -17.7. The number of aromatic nitrogens is 4. The van der Waals surface area contributed by atoms with E-state index in [4.69, 9.17) is 10.5 Å². The first-order valence-corrected chi connectivity index (χ1v) is 21.3. The molecule has 1 saturated heterocycles. The molecule has 1 fully saturated rings. The average molecular weight is 877 g/mol. The quantitative estimate of drug-likeness (QED) is 0.0444. The van der Waals surface area contributed by atoms with Gasteiger partial charge in [0.2, 0.25) is 11.8 Å². The summed E-state index contributed by atoms with van der Waals surface area (Å²) in [6, 6.07) is 0. The molecule has 0 bridgehead atoms. The van der Waals surface area contributed by atoms with Crippen LogP contribution in [0.3, 0.4) is 0 Å². The topological polar surface area (TPSA) is 415 Å². The van der Waals surface area contributed by atoms with Crippen LogP contribution in [0.5, 0.6) is 0 Å². The SMILES string of the molecule is CC(C(=O)[O-])C(=O)SCCNC(=O)CCNC(=O)C(O)C(C)(C)COP(=O)([O-])OP(=O)([O-])OCC1OC(C)(n2cnc3c(N)ncnc32)C(O)C1OP(=O)([O-])[O-]. The molecule has 26 nitrogen and oxygen atoms in total. The van der Waals surface area contributed by atoms with Crippen molar-refractivity contribution in [3.05, 3.63) is 12.7 Å². The second-order valence-electron chi connectivity index (χ2n) is 12.8. The fraction of sp³-hybridized carbons (Fsp3) is 0.654. The lowest BCUT2D eigenvalue weighted by Crippen LogP contribution is -2.46. The lowest BCUT2D eigenvalue weighted by molar-refractivity contribution is -0.347. The van der Waals surface area contributed by atoms with Crippen molar-refractivity contribution in [1.82, 2.24) is 30.2 Å². The maximum Gasteiger partial charge on any atom is 0.274 e. The van der Waals surface area contributed by atoms with Crippen molar-refractivity contribution >= 4 is 75.1 Å². The summed E-state index contributed by atoms with van der Waals surface area (Å²) in [6.07, 6.45) is -6.30. The van der Waals surface area contributed by atoms with E-state index < -0.39 is 101 Å². The van der Waals surface area contributed by atoms with Gasteiger partial charge in [0.25, 0.3) is 15.6 Å². The molecular weight excluding hydrogens is 839 g/mol. The number of hydrogen-bond acceptors (Lipinski definition) is 24. The largest absolute Gasteiger partial charge is 0.790 e. The molecule has 1 aliphatic heterocycles. The zero-order valence-corrected chi connectivity index (χ0v) is 33.2. The first-order chi connectivity index (χ1) is 25.7. The molecule has 8 unspecified atom stereocenters. The van der Waals surface area contributed by atoms with Crippen molar-refractivity contribution < 1.29 is 90.4 Å². The number of phosphoric acid groups is 3. The van der Waals surface area contributed by atoms with Crippen molar-refractivity contribution in [3.63, 3.8) is 0 Å². The Labute approximate surface area is 321 Å². The number of hydrogen-bond donors (Lipinski definition) is 5. The number of nitrogens with zero attached hydrogens (tertiary/aromatic N) is 4. The summed E-state index contributed by atoms with van der Waals surface area (Å²) in [5.74, 6) is -4.56. The molecule has 0 saturated carbocycles. The Bertz CT molecular complexity index is 1920. The van der Waals surface area contributed by atoms with Crippen LogP contribution in [0, 0.1) is 11.3 Å². The van der Waals surface area contributed by atoms with E-state index >= 15 is 0 Å². The first-order valence-electron chi connectivity index (χ1n) is 15.9. The molecule has 0 radical (unpaired) electrons. The number of aliphatic carboxylic acids is 1. The summed E-state index contributed by atoms with van der Waals surface area (Å²) in [6.45, 7) is 1.98. The van der Waals surface area contributed by atoms with Gasteiger partial charge in [-0.15, -0.1) is 0 Å². The van der Waals surface area contributed by atoms with Crippen LogP contribution in [0.15, 0.2) is 12.7 Å². The smallest absolute Gasteiger partial charge is 0.274 e. The molecule has 30 heteroatoms. The van der Waals surface area contributed by atoms with Crippen molar-refractivity contribution in [2.75, 3.05) is 37.8 Å². The number of phosphoric ester groups is 3. The number of nitrogens with two attached hydrogens (primary N) is 1. The third kappa shape index (κ3) is 12.8. The van der Waals surface area contributed by atoms with Crippen LogP contribution in [0.2, 0.25) is 0 Å². The van der Waals surface area contributed by atoms with E-state index in [9.17, 15) is 67.8 Å². The summed E-state index contributed by atoms with van der Waals surface area (Å²) in [5, 5.41) is 36.2. The number of ether oxygens (including phenoxy) is 1. The Balaban J connectivity index is 1.53. The van der Waals surface area contributed by atoms with Crippen LogP contribution in [0.25, 0.3) is 11.2 Å². The van der Waals surface area contributed by atoms with Crippen molar-refractivity contribution in [2.45, 2.75) is 64.3 Å². The maximum atomic E-state index is 12.5. The molecule has 1 aliphatic rings. The van der Waals surface area contributed by atoms with Gasteiger partial charge >= 0.3 is 0 Å². The van der Waals surface area contributed by atoms with E-state index in [1.54, 1.807) is 0 Å². The summed E-state index contributed by atoms with van der Waals surface area (Å²) in [4.78, 5) is 107. The predicted octanol–water partition coefficient (Wildman–Crippen LogP) is -5.30. The second-order valence-corrected chi connectivity index (χ2v) is 17.9. The van der Waals surface area contributed by atoms with Crippen molar-refractivity contribution in [1.29, 1.82) is 0 Å². The fourth-order valence-electron chi connectivity index (χ4n) is 4.79. The van der Waals surface area contributed by atoms with Gasteiger partial charge in [-0.2, -0.15) is 0 Å². The van der Waals surface area contributed by atoms with Crippen LogP contribution in [-0.4, -0.2) is 109 Å². The molecule has 56 heavy (non-hydrogen) atoms. The molecule has 8 atom stereocenters. The van der Waals surface area contributed by atoms with E-state index in [1.807, 2.05) is 0 Å². The van der Waals surface area contributed by atoms with Crippen molar-refractivity contribution in [3.8, 4) is 0 Å². The number of carbonyl (C=O) groups is 4. The van der Waals surface area contributed by atoms with Gasteiger partial charge in [-0.3, -0.25) is 28.1 Å². The van der Waals surface area contributed by atoms with Crippen LogP contribution in [0.1, 0.15) is 34.1 Å². The summed E-state index contributed by atoms with van der Waals surface area (Å²) >= 11 is 0.674. The number of rotatable bonds is 21. The van der Waals surface area contributed by atoms with Crippen molar-refractivity contribution in [2.24, 2.45) is 11.3 Å². The minimum atomic E-state index is -5.96. The maximum absolute atomic E-state index is 12.5. The number of nitrogen functional groups attached to an aromatic ring is 1. The Morgan fingerprint density at radius 1 is 1.09 bits per heavy atom. The number of carbonyl (C=O) groups excluding carboxylic acids is 4. The normalized spacial score (nSPS) is 23.5. The number of anilines is 1. The molecule has 316 valence electrons. The van der Waals surface area contributed by atoms with Gasteiger partial charge in [0.15, 0.2) is 22.3 Å². The highest BCUT2D eigenvalue weighted by molar-refractivity contribution is 8.13. The third-order valence-corrected chi connectivity index (χ3v) is 12.0. The van der Waals surface area contributed by atoms with Gasteiger partial charge in [-0.05, 0) is 13.8 Å². The van der Waals surface area contributed by atoms with E-state index in [-0.39, 0.29) is 42.2 Å². The van der Waals surface area contributed by atoms with Crippen LogP contribution in [0.4, 0.5) is 5.82 Å². The molecule has 3 rings (SSSR count). The second kappa shape index (κ2) is 18.7. The molecule has 2 amide bonds. The molecule has 6 N–H and O–H groups in total. The molecule has 0 aliphatic carbocycles. The number of thioether (sulfide) groups is 1. The standard InChI is InChI=1S/C26H42N7O19P3S/c1-13(23(38)39)24(40)56-8-7-28-15(34)5-6-29-22(37)19(36)25(2,3)10-49-55(46,47)52-54(44,45)48-9-14-17(51-53(41,42)43)18(35)26(4,50-14)33-12-32-16-20(27)30-11-31-21(16)33/h11-14,17-19,35-36H,5-10H2,1-4H3,(H,28,34)(H,29,37)(H,38,39)(H,44,45)(H,46,47)(H2,27,30,31)(H2,41,42,43)/p-5. The number of amides is 2. The summed E-state index contributed by atoms with van der Waals surface area (Å²) < 4.78 is 60.8. The third-order valence-electron chi connectivity index (χ3n) is 7.91. The molecule has 0 aromatic carbocycles. The Kier molecular flexibility index (Phi) is 15.9. The predicted molar refractivity (Wildman–Crippen MR) is 177 cm³/mol.